The third-order valence-electron chi connectivity index (χ3n) is 3.43. The van der Waals surface area contributed by atoms with Gasteiger partial charge in [0.1, 0.15) is 5.82 Å². The fourth-order valence-corrected chi connectivity index (χ4v) is 2.40. The quantitative estimate of drug-likeness (QED) is 0.863. The van der Waals surface area contributed by atoms with Gasteiger partial charge in [0.2, 0.25) is 0 Å². The van der Waals surface area contributed by atoms with Gasteiger partial charge in [0.05, 0.1) is 11.6 Å². The van der Waals surface area contributed by atoms with E-state index < -0.39 is 35.6 Å². The lowest BCUT2D eigenvalue weighted by Gasteiger charge is -2.34. The molecular weight excluding hydrogens is 298 g/mol. The molecule has 0 aliphatic carbocycles. The molecule has 0 bridgehead atoms. The van der Waals surface area contributed by atoms with Crippen LogP contribution in [0.25, 0.3) is 0 Å². The predicted octanol–water partition coefficient (Wildman–Crippen LogP) is 3.06. The van der Waals surface area contributed by atoms with E-state index in [9.17, 15) is 26.3 Å². The molecule has 1 N–H and O–H groups in total. The molecule has 0 aromatic heterocycles. The van der Waals surface area contributed by atoms with Crippen molar-refractivity contribution in [2.24, 2.45) is 0 Å². The maximum absolute atomic E-state index is 13.9. The molecule has 118 valence electrons. The topological polar surface area (TPSA) is 15.3 Å². The minimum atomic E-state index is -4.70. The van der Waals surface area contributed by atoms with Crippen LogP contribution in [0.3, 0.4) is 0 Å². The molecule has 1 aliphatic rings. The summed E-state index contributed by atoms with van der Waals surface area (Å²) in [5.41, 5.74) is -1.59. The Morgan fingerprint density at radius 1 is 1.10 bits per heavy atom. The molecule has 0 radical (unpaired) electrons. The molecule has 21 heavy (non-hydrogen) atoms. The fourth-order valence-electron chi connectivity index (χ4n) is 2.40. The number of alkyl halides is 5. The standard InChI is InChI=1S/C13H14F6N2/c14-10-7-8(13(17,18)19)1-2-9(10)11(12(15)16)21-5-3-20-4-6-21/h1-2,7,11-12,20H,3-6H2/t11-/m1/s1. The molecule has 1 saturated heterocycles. The molecule has 8 heteroatoms. The van der Waals surface area contributed by atoms with Crippen LogP contribution in [-0.2, 0) is 6.18 Å². The zero-order valence-corrected chi connectivity index (χ0v) is 10.9. The summed E-state index contributed by atoms with van der Waals surface area (Å²) in [7, 11) is 0. The molecule has 1 heterocycles. The molecule has 1 aliphatic heterocycles. The van der Waals surface area contributed by atoms with E-state index in [0.717, 1.165) is 6.07 Å². The molecule has 0 unspecified atom stereocenters. The second-order valence-corrected chi connectivity index (χ2v) is 4.80. The number of piperazine rings is 1. The van der Waals surface area contributed by atoms with Crippen molar-refractivity contribution < 1.29 is 26.3 Å². The number of benzene rings is 1. The summed E-state index contributed by atoms with van der Waals surface area (Å²) in [6.07, 6.45) is -7.58. The zero-order valence-electron chi connectivity index (χ0n) is 10.9. The average Bonchev–Trinajstić information content (AvgIpc) is 2.40. The van der Waals surface area contributed by atoms with E-state index in [1.807, 2.05) is 0 Å². The molecule has 0 amide bonds. The number of nitrogens with zero attached hydrogens (tertiary/aromatic N) is 1. The van der Waals surface area contributed by atoms with Crippen LogP contribution in [0, 0.1) is 5.82 Å². The highest BCUT2D eigenvalue weighted by molar-refractivity contribution is 5.29. The maximum atomic E-state index is 13.9. The molecule has 1 fully saturated rings. The Labute approximate surface area is 117 Å². The van der Waals surface area contributed by atoms with Crippen molar-refractivity contribution in [1.29, 1.82) is 0 Å². The number of halogens is 6. The minimum Gasteiger partial charge on any atom is -0.314 e. The van der Waals surface area contributed by atoms with Gasteiger partial charge in [-0.1, -0.05) is 6.07 Å². The second-order valence-electron chi connectivity index (χ2n) is 4.80. The van der Waals surface area contributed by atoms with Gasteiger partial charge >= 0.3 is 6.18 Å². The van der Waals surface area contributed by atoms with E-state index in [1.165, 1.54) is 4.90 Å². The van der Waals surface area contributed by atoms with E-state index in [-0.39, 0.29) is 19.2 Å². The van der Waals surface area contributed by atoms with E-state index in [1.54, 1.807) is 0 Å². The van der Waals surface area contributed by atoms with Crippen LogP contribution in [0.2, 0.25) is 0 Å². The van der Waals surface area contributed by atoms with E-state index >= 15 is 0 Å². The lowest BCUT2D eigenvalue weighted by molar-refractivity contribution is -0.137. The highest BCUT2D eigenvalue weighted by Gasteiger charge is 2.35. The lowest BCUT2D eigenvalue weighted by Crippen LogP contribution is -2.47. The van der Waals surface area contributed by atoms with Crippen LogP contribution in [0.5, 0.6) is 0 Å². The largest absolute Gasteiger partial charge is 0.416 e. The molecule has 1 aromatic carbocycles. The van der Waals surface area contributed by atoms with Crippen LogP contribution >= 0.6 is 0 Å². The van der Waals surface area contributed by atoms with Gasteiger partial charge in [-0.15, -0.1) is 0 Å². The molecule has 0 saturated carbocycles. The minimum absolute atomic E-state index is 0.271. The van der Waals surface area contributed by atoms with Gasteiger partial charge in [-0.25, -0.2) is 13.2 Å². The summed E-state index contributed by atoms with van der Waals surface area (Å²) in [6, 6.07) is 0.175. The molecule has 1 aromatic rings. The van der Waals surface area contributed by atoms with Crippen LogP contribution < -0.4 is 5.32 Å². The lowest BCUT2D eigenvalue weighted by atomic mass is 10.0. The molecule has 0 spiro atoms. The summed E-state index contributed by atoms with van der Waals surface area (Å²) in [5.74, 6) is -1.26. The van der Waals surface area contributed by atoms with Crippen molar-refractivity contribution in [3.8, 4) is 0 Å². The third-order valence-corrected chi connectivity index (χ3v) is 3.43. The highest BCUT2D eigenvalue weighted by Crippen LogP contribution is 2.34. The smallest absolute Gasteiger partial charge is 0.314 e. The molecule has 2 rings (SSSR count). The SMILES string of the molecule is Fc1cc(C(F)(F)F)ccc1[C@H](C(F)F)N1CCNCC1. The Morgan fingerprint density at radius 2 is 1.71 bits per heavy atom. The Kier molecular flexibility index (Phi) is 4.77. The van der Waals surface area contributed by atoms with E-state index in [4.69, 9.17) is 0 Å². The van der Waals surface area contributed by atoms with Crippen molar-refractivity contribution in [2.75, 3.05) is 26.2 Å². The van der Waals surface area contributed by atoms with Gasteiger partial charge in [0, 0.05) is 31.7 Å². The van der Waals surface area contributed by atoms with Crippen LogP contribution in [0.4, 0.5) is 26.3 Å². The first-order valence-corrected chi connectivity index (χ1v) is 6.40. The predicted molar refractivity (Wildman–Crippen MR) is 64.6 cm³/mol. The molecule has 1 atom stereocenters. The number of nitrogens with one attached hydrogen (secondary N) is 1. The number of hydrogen-bond donors (Lipinski definition) is 1. The highest BCUT2D eigenvalue weighted by atomic mass is 19.4. The van der Waals surface area contributed by atoms with Crippen molar-refractivity contribution in [2.45, 2.75) is 18.6 Å². The van der Waals surface area contributed by atoms with Crippen molar-refractivity contribution in [3.05, 3.63) is 35.1 Å². The Hall–Kier alpha value is -1.28. The monoisotopic (exact) mass is 312 g/mol. The van der Waals surface area contributed by atoms with Crippen LogP contribution in [0.15, 0.2) is 18.2 Å². The molecule has 2 nitrogen and oxygen atoms in total. The summed E-state index contributed by atoms with van der Waals surface area (Å²) in [6.45, 7) is 1.53. The van der Waals surface area contributed by atoms with Crippen LogP contribution in [-0.4, -0.2) is 37.5 Å². The van der Waals surface area contributed by atoms with Crippen molar-refractivity contribution in [1.82, 2.24) is 10.2 Å². The Bertz CT molecular complexity index is 482. The third kappa shape index (κ3) is 3.68. The first-order chi connectivity index (χ1) is 9.80. The summed E-state index contributed by atoms with van der Waals surface area (Å²) in [5, 5.41) is 2.97. The van der Waals surface area contributed by atoms with Gasteiger partial charge in [-0.2, -0.15) is 13.2 Å². The van der Waals surface area contributed by atoms with Crippen LogP contribution in [0.1, 0.15) is 17.2 Å². The van der Waals surface area contributed by atoms with E-state index in [2.05, 4.69) is 5.32 Å². The number of rotatable bonds is 3. The van der Waals surface area contributed by atoms with Gasteiger partial charge in [-0.05, 0) is 12.1 Å². The number of hydrogen-bond acceptors (Lipinski definition) is 2. The first kappa shape index (κ1) is 16.1. The Balaban J connectivity index is 2.32. The zero-order chi connectivity index (χ0) is 15.6. The summed E-state index contributed by atoms with van der Waals surface area (Å²) in [4.78, 5) is 1.38. The van der Waals surface area contributed by atoms with Gasteiger partial charge in [0.25, 0.3) is 6.43 Å². The summed E-state index contributed by atoms with van der Waals surface area (Å²) < 4.78 is 77.8. The Morgan fingerprint density at radius 3 is 2.19 bits per heavy atom. The average molecular weight is 312 g/mol. The first-order valence-electron chi connectivity index (χ1n) is 6.40. The second kappa shape index (κ2) is 6.23. The normalized spacial score (nSPS) is 19.0. The summed E-state index contributed by atoms with van der Waals surface area (Å²) >= 11 is 0. The van der Waals surface area contributed by atoms with Gasteiger partial charge in [-0.3, -0.25) is 4.90 Å². The van der Waals surface area contributed by atoms with Gasteiger partial charge in [0.15, 0.2) is 0 Å². The van der Waals surface area contributed by atoms with Crippen molar-refractivity contribution in [3.63, 3.8) is 0 Å². The fraction of sp³-hybridized carbons (Fsp3) is 0.538. The van der Waals surface area contributed by atoms with Gasteiger partial charge < -0.3 is 5.32 Å². The van der Waals surface area contributed by atoms with E-state index in [0.29, 0.717) is 19.2 Å². The maximum Gasteiger partial charge on any atom is 0.416 e. The van der Waals surface area contributed by atoms with Crippen molar-refractivity contribution >= 4 is 0 Å². The molecular formula is C13H14F6N2.